The lowest BCUT2D eigenvalue weighted by molar-refractivity contribution is 0.177. The maximum absolute atomic E-state index is 10.2. The normalized spacial score (nSPS) is 12.7. The summed E-state index contributed by atoms with van der Waals surface area (Å²) in [7, 11) is 0. The van der Waals surface area contributed by atoms with Gasteiger partial charge in [-0.15, -0.1) is 0 Å². The van der Waals surface area contributed by atoms with Crippen LogP contribution in [0.4, 0.5) is 0 Å². The van der Waals surface area contributed by atoms with Gasteiger partial charge in [-0.1, -0.05) is 18.2 Å². The molecule has 0 saturated heterocycles. The Morgan fingerprint density at radius 2 is 2.06 bits per heavy atom. The molecule has 0 saturated carbocycles. The zero-order chi connectivity index (χ0) is 11.5. The topological polar surface area (TPSA) is 33.4 Å². The summed E-state index contributed by atoms with van der Waals surface area (Å²) in [5.74, 6) is 0. The Bertz CT molecular complexity index is 458. The van der Waals surface area contributed by atoms with Gasteiger partial charge in [-0.2, -0.15) is 0 Å². The van der Waals surface area contributed by atoms with Crippen LogP contribution in [-0.4, -0.2) is 5.11 Å². The highest BCUT2D eigenvalue weighted by molar-refractivity contribution is 5.35. The minimum atomic E-state index is -0.461. The molecule has 0 radical (unpaired) electrons. The Morgan fingerprint density at radius 3 is 2.75 bits per heavy atom. The quantitative estimate of drug-likeness (QED) is 0.854. The summed E-state index contributed by atoms with van der Waals surface area (Å²) in [6, 6.07) is 7.90. The molecule has 16 heavy (non-hydrogen) atoms. The molecule has 1 atom stereocenters. The smallest absolute Gasteiger partial charge is 0.0935 e. The van der Waals surface area contributed by atoms with Crippen molar-refractivity contribution in [2.75, 3.05) is 0 Å². The number of aliphatic hydroxyl groups excluding tert-OH is 1. The molecule has 2 heteroatoms. The van der Waals surface area contributed by atoms with Crippen LogP contribution in [0.25, 0.3) is 0 Å². The summed E-state index contributed by atoms with van der Waals surface area (Å²) in [6.45, 7) is 4.10. The summed E-state index contributed by atoms with van der Waals surface area (Å²) in [5.41, 5.74) is 4.40. The van der Waals surface area contributed by atoms with E-state index >= 15 is 0 Å². The van der Waals surface area contributed by atoms with E-state index in [-0.39, 0.29) is 0 Å². The molecule has 1 unspecified atom stereocenters. The molecular weight excluding hydrogens is 200 g/mol. The van der Waals surface area contributed by atoms with E-state index in [1.807, 2.05) is 25.1 Å². The average molecular weight is 216 g/mol. The maximum Gasteiger partial charge on any atom is 0.0935 e. The van der Waals surface area contributed by atoms with Crippen molar-refractivity contribution in [3.8, 4) is 0 Å². The van der Waals surface area contributed by atoms with Crippen LogP contribution in [0.1, 0.15) is 28.4 Å². The Hall–Kier alpha value is -1.54. The van der Waals surface area contributed by atoms with Gasteiger partial charge in [-0.05, 0) is 42.2 Å². The fraction of sp³-hybridized carbons (Fsp3) is 0.286. The van der Waals surface area contributed by atoms with E-state index in [9.17, 15) is 5.11 Å². The minimum absolute atomic E-state index is 0.461. The van der Waals surface area contributed by atoms with Gasteiger partial charge in [0, 0.05) is 6.42 Å². The first-order valence-corrected chi connectivity index (χ1v) is 5.43. The minimum Gasteiger partial charge on any atom is -0.472 e. The van der Waals surface area contributed by atoms with E-state index in [1.165, 1.54) is 11.1 Å². The van der Waals surface area contributed by atoms with Crippen molar-refractivity contribution >= 4 is 0 Å². The number of hydrogen-bond donors (Lipinski definition) is 1. The molecule has 2 nitrogen and oxygen atoms in total. The molecule has 1 aromatic carbocycles. The molecule has 0 fully saturated rings. The van der Waals surface area contributed by atoms with Gasteiger partial charge in [0.15, 0.2) is 0 Å². The van der Waals surface area contributed by atoms with Gasteiger partial charge in [-0.25, -0.2) is 0 Å². The second-order valence-electron chi connectivity index (χ2n) is 4.14. The molecule has 0 aliphatic rings. The van der Waals surface area contributed by atoms with Gasteiger partial charge < -0.3 is 9.52 Å². The zero-order valence-corrected chi connectivity index (χ0v) is 9.60. The Morgan fingerprint density at radius 1 is 1.25 bits per heavy atom. The fourth-order valence-electron chi connectivity index (χ4n) is 1.88. The number of hydrogen-bond acceptors (Lipinski definition) is 2. The third-order valence-corrected chi connectivity index (χ3v) is 3.01. The van der Waals surface area contributed by atoms with Crippen LogP contribution in [0.2, 0.25) is 0 Å². The number of benzene rings is 1. The van der Waals surface area contributed by atoms with Crippen molar-refractivity contribution in [2.45, 2.75) is 26.4 Å². The highest BCUT2D eigenvalue weighted by atomic mass is 16.3. The van der Waals surface area contributed by atoms with Crippen LogP contribution in [0.5, 0.6) is 0 Å². The van der Waals surface area contributed by atoms with Gasteiger partial charge >= 0.3 is 0 Å². The molecule has 2 aromatic rings. The van der Waals surface area contributed by atoms with Crippen LogP contribution < -0.4 is 0 Å². The van der Waals surface area contributed by atoms with Crippen molar-refractivity contribution < 1.29 is 9.52 Å². The molecule has 1 heterocycles. The summed E-state index contributed by atoms with van der Waals surface area (Å²) >= 11 is 0. The Kier molecular flexibility index (Phi) is 3.11. The molecule has 0 aliphatic carbocycles. The van der Waals surface area contributed by atoms with Gasteiger partial charge in [0.05, 0.1) is 18.6 Å². The number of aliphatic hydroxyl groups is 1. The van der Waals surface area contributed by atoms with Crippen molar-refractivity contribution in [3.05, 3.63) is 59.0 Å². The largest absolute Gasteiger partial charge is 0.472 e. The molecule has 2 rings (SSSR count). The highest BCUT2D eigenvalue weighted by Gasteiger charge is 2.12. The van der Waals surface area contributed by atoms with E-state index in [1.54, 1.807) is 12.5 Å². The second kappa shape index (κ2) is 4.54. The third kappa shape index (κ3) is 2.17. The first-order chi connectivity index (χ1) is 7.68. The van der Waals surface area contributed by atoms with E-state index in [0.717, 1.165) is 11.1 Å². The van der Waals surface area contributed by atoms with Crippen molar-refractivity contribution in [3.63, 3.8) is 0 Å². The van der Waals surface area contributed by atoms with E-state index in [4.69, 9.17) is 4.42 Å². The van der Waals surface area contributed by atoms with E-state index in [2.05, 4.69) is 13.0 Å². The van der Waals surface area contributed by atoms with Gasteiger partial charge in [0.1, 0.15) is 0 Å². The van der Waals surface area contributed by atoms with Crippen LogP contribution in [0, 0.1) is 13.8 Å². The van der Waals surface area contributed by atoms with Gasteiger partial charge in [-0.3, -0.25) is 0 Å². The standard InChI is InChI=1S/C14H16O2/c1-10-4-3-5-13(11(10)2)14(15)8-12-6-7-16-9-12/h3-7,9,14-15H,8H2,1-2H3. The Labute approximate surface area is 95.5 Å². The predicted octanol–water partition coefficient (Wildman–Crippen LogP) is 3.17. The lowest BCUT2D eigenvalue weighted by Gasteiger charge is -2.14. The molecule has 1 N–H and O–H groups in total. The number of aryl methyl sites for hydroxylation is 1. The Balaban J connectivity index is 2.21. The maximum atomic E-state index is 10.2. The SMILES string of the molecule is Cc1cccc(C(O)Cc2ccoc2)c1C. The number of rotatable bonds is 3. The van der Waals surface area contributed by atoms with E-state index in [0.29, 0.717) is 6.42 Å². The van der Waals surface area contributed by atoms with Crippen molar-refractivity contribution in [1.82, 2.24) is 0 Å². The summed E-state index contributed by atoms with van der Waals surface area (Å²) < 4.78 is 4.99. The van der Waals surface area contributed by atoms with Crippen molar-refractivity contribution in [2.24, 2.45) is 0 Å². The predicted molar refractivity (Wildman–Crippen MR) is 63.3 cm³/mol. The molecule has 84 valence electrons. The molecule has 0 aliphatic heterocycles. The van der Waals surface area contributed by atoms with Gasteiger partial charge in [0.25, 0.3) is 0 Å². The summed E-state index contributed by atoms with van der Waals surface area (Å²) in [5, 5.41) is 10.2. The monoisotopic (exact) mass is 216 g/mol. The molecular formula is C14H16O2. The van der Waals surface area contributed by atoms with Crippen LogP contribution >= 0.6 is 0 Å². The zero-order valence-electron chi connectivity index (χ0n) is 9.60. The van der Waals surface area contributed by atoms with E-state index < -0.39 is 6.10 Å². The third-order valence-electron chi connectivity index (χ3n) is 3.01. The lowest BCUT2D eigenvalue weighted by Crippen LogP contribution is -2.04. The lowest BCUT2D eigenvalue weighted by atomic mass is 9.96. The van der Waals surface area contributed by atoms with Gasteiger partial charge in [0.2, 0.25) is 0 Å². The summed E-state index contributed by atoms with van der Waals surface area (Å²) in [6.07, 6.45) is 3.44. The molecule has 1 aromatic heterocycles. The number of furan rings is 1. The fourth-order valence-corrected chi connectivity index (χ4v) is 1.88. The van der Waals surface area contributed by atoms with Crippen LogP contribution in [0.3, 0.4) is 0 Å². The molecule has 0 amide bonds. The average Bonchev–Trinajstić information content (AvgIpc) is 2.74. The highest BCUT2D eigenvalue weighted by Crippen LogP contribution is 2.23. The van der Waals surface area contributed by atoms with Crippen molar-refractivity contribution in [1.29, 1.82) is 0 Å². The first kappa shape index (κ1) is 11.0. The molecule has 0 bridgehead atoms. The van der Waals surface area contributed by atoms with Crippen LogP contribution in [-0.2, 0) is 6.42 Å². The van der Waals surface area contributed by atoms with Crippen LogP contribution in [0.15, 0.2) is 41.2 Å². The second-order valence-corrected chi connectivity index (χ2v) is 4.14. The first-order valence-electron chi connectivity index (χ1n) is 5.43. The molecule has 0 spiro atoms. The summed E-state index contributed by atoms with van der Waals surface area (Å²) in [4.78, 5) is 0.